The Morgan fingerprint density at radius 1 is 1.26 bits per heavy atom. The summed E-state index contributed by atoms with van der Waals surface area (Å²) >= 11 is 0. The van der Waals surface area contributed by atoms with Crippen molar-refractivity contribution < 1.29 is 29.3 Å². The lowest BCUT2D eigenvalue weighted by atomic mass is 9.88. The van der Waals surface area contributed by atoms with E-state index in [2.05, 4.69) is 11.7 Å². The smallest absolute Gasteiger partial charge is 0.309 e. The van der Waals surface area contributed by atoms with Gasteiger partial charge in [0, 0.05) is 31.1 Å². The van der Waals surface area contributed by atoms with Crippen molar-refractivity contribution in [1.29, 1.82) is 0 Å². The molecule has 0 spiro atoms. The van der Waals surface area contributed by atoms with Crippen LogP contribution in [0.2, 0.25) is 0 Å². The molecule has 0 bridgehead atoms. The van der Waals surface area contributed by atoms with E-state index >= 15 is 0 Å². The van der Waals surface area contributed by atoms with E-state index in [0.717, 1.165) is 19.3 Å². The molecule has 1 aliphatic rings. The van der Waals surface area contributed by atoms with E-state index in [4.69, 9.17) is 0 Å². The number of ketones is 2. The summed E-state index contributed by atoms with van der Waals surface area (Å²) in [6.07, 6.45) is 9.10. The van der Waals surface area contributed by atoms with Gasteiger partial charge < -0.3 is 14.9 Å². The van der Waals surface area contributed by atoms with E-state index in [1.165, 1.54) is 7.11 Å². The first-order valence-corrected chi connectivity index (χ1v) is 9.69. The van der Waals surface area contributed by atoms with Crippen LogP contribution in [0.1, 0.15) is 58.3 Å². The molecule has 0 aliphatic heterocycles. The summed E-state index contributed by atoms with van der Waals surface area (Å²) in [7, 11) is 1.30. The quantitative estimate of drug-likeness (QED) is 0.306. The molecule has 1 rings (SSSR count). The van der Waals surface area contributed by atoms with Crippen molar-refractivity contribution in [2.45, 2.75) is 70.5 Å². The Balaban J connectivity index is 2.56. The number of hydrogen-bond acceptors (Lipinski definition) is 6. The Morgan fingerprint density at radius 3 is 2.63 bits per heavy atom. The van der Waals surface area contributed by atoms with Crippen molar-refractivity contribution in [2.75, 3.05) is 7.11 Å². The van der Waals surface area contributed by atoms with Gasteiger partial charge in [0.1, 0.15) is 11.6 Å². The maximum atomic E-state index is 12.2. The van der Waals surface area contributed by atoms with Gasteiger partial charge in [0.25, 0.3) is 0 Å². The lowest BCUT2D eigenvalue weighted by molar-refractivity contribution is -0.139. The molecule has 0 aromatic rings. The Morgan fingerprint density at radius 2 is 1.96 bits per heavy atom. The van der Waals surface area contributed by atoms with Crippen molar-refractivity contribution >= 4 is 17.5 Å². The minimum absolute atomic E-state index is 0.0388. The molecule has 2 N–H and O–H groups in total. The van der Waals surface area contributed by atoms with Gasteiger partial charge >= 0.3 is 5.97 Å². The van der Waals surface area contributed by atoms with E-state index in [0.29, 0.717) is 6.42 Å². The zero-order valence-corrected chi connectivity index (χ0v) is 16.3. The number of carbonyl (C=O) groups is 3. The second-order valence-electron chi connectivity index (χ2n) is 7.07. The molecular formula is C21H32O6. The minimum atomic E-state index is -0.816. The molecule has 6 heteroatoms. The number of rotatable bonds is 12. The summed E-state index contributed by atoms with van der Waals surface area (Å²) in [5.41, 5.74) is 0. The predicted octanol–water partition coefficient (Wildman–Crippen LogP) is 2.52. The third-order valence-electron chi connectivity index (χ3n) is 4.86. The number of ether oxygens (including phenoxy) is 1. The standard InChI is InChI=1S/C21H32O6/c1-3-4-5-8-15(22)11-12-17-18(20(25)14-19(17)24)13-16(23)9-6-7-10-21(26)27-2/h6-7,11-12,15,17-19,22,24H,3-5,8-10,13-14H2,1-2H3/b7-6+,12-11+. The monoisotopic (exact) mass is 380 g/mol. The Hall–Kier alpha value is -1.79. The molecule has 0 saturated heterocycles. The highest BCUT2D eigenvalue weighted by atomic mass is 16.5. The first kappa shape index (κ1) is 23.2. The molecule has 0 radical (unpaired) electrons. The topological polar surface area (TPSA) is 101 Å². The number of esters is 1. The molecule has 152 valence electrons. The highest BCUT2D eigenvalue weighted by Crippen LogP contribution is 2.33. The van der Waals surface area contributed by atoms with E-state index in [-0.39, 0.29) is 43.2 Å². The Kier molecular flexibility index (Phi) is 10.8. The number of allylic oxidation sites excluding steroid dienone is 1. The number of unbranched alkanes of at least 4 members (excludes halogenated alkanes) is 2. The fourth-order valence-corrected chi connectivity index (χ4v) is 3.25. The maximum Gasteiger partial charge on any atom is 0.309 e. The van der Waals surface area contributed by atoms with Crippen molar-refractivity contribution in [2.24, 2.45) is 11.8 Å². The lowest BCUT2D eigenvalue weighted by Crippen LogP contribution is -2.22. The summed E-state index contributed by atoms with van der Waals surface area (Å²) < 4.78 is 4.51. The second kappa shape index (κ2) is 12.6. The SMILES string of the molecule is CCCCCC(O)/C=C/C1C(O)CC(=O)C1CC(=O)C/C=C/CC(=O)OC. The summed E-state index contributed by atoms with van der Waals surface area (Å²) in [5, 5.41) is 20.1. The maximum absolute atomic E-state index is 12.2. The molecule has 4 atom stereocenters. The molecule has 0 amide bonds. The third kappa shape index (κ3) is 8.63. The van der Waals surface area contributed by atoms with Gasteiger partial charge in [-0.3, -0.25) is 14.4 Å². The molecule has 1 saturated carbocycles. The van der Waals surface area contributed by atoms with Crippen molar-refractivity contribution in [3.8, 4) is 0 Å². The number of aliphatic hydroxyl groups is 2. The van der Waals surface area contributed by atoms with Gasteiger partial charge in [0.15, 0.2) is 0 Å². The summed E-state index contributed by atoms with van der Waals surface area (Å²) in [4.78, 5) is 35.3. The van der Waals surface area contributed by atoms with E-state index in [1.54, 1.807) is 24.3 Å². The molecule has 0 aromatic carbocycles. The van der Waals surface area contributed by atoms with Crippen LogP contribution in [0.5, 0.6) is 0 Å². The van der Waals surface area contributed by atoms with Gasteiger partial charge in [-0.2, -0.15) is 0 Å². The fraction of sp³-hybridized carbons (Fsp3) is 0.667. The zero-order chi connectivity index (χ0) is 20.2. The first-order valence-electron chi connectivity index (χ1n) is 9.69. The average Bonchev–Trinajstić information content (AvgIpc) is 2.89. The minimum Gasteiger partial charge on any atom is -0.469 e. The zero-order valence-electron chi connectivity index (χ0n) is 16.3. The molecule has 4 unspecified atom stereocenters. The largest absolute Gasteiger partial charge is 0.469 e. The third-order valence-corrected chi connectivity index (χ3v) is 4.86. The van der Waals surface area contributed by atoms with E-state index in [9.17, 15) is 24.6 Å². The van der Waals surface area contributed by atoms with Gasteiger partial charge in [0.05, 0.1) is 25.7 Å². The lowest BCUT2D eigenvalue weighted by Gasteiger charge is -2.17. The molecule has 6 nitrogen and oxygen atoms in total. The number of hydrogen-bond donors (Lipinski definition) is 2. The van der Waals surface area contributed by atoms with Crippen LogP contribution in [-0.4, -0.2) is 47.1 Å². The molecule has 0 aromatic heterocycles. The Bertz CT molecular complexity index is 551. The summed E-state index contributed by atoms with van der Waals surface area (Å²) in [6, 6.07) is 0. The van der Waals surface area contributed by atoms with Crippen LogP contribution in [0.4, 0.5) is 0 Å². The number of aliphatic hydroxyl groups excluding tert-OH is 2. The van der Waals surface area contributed by atoms with Crippen LogP contribution in [0.25, 0.3) is 0 Å². The van der Waals surface area contributed by atoms with E-state index in [1.807, 2.05) is 0 Å². The van der Waals surface area contributed by atoms with Crippen LogP contribution < -0.4 is 0 Å². The second-order valence-corrected chi connectivity index (χ2v) is 7.07. The first-order chi connectivity index (χ1) is 12.9. The van der Waals surface area contributed by atoms with Crippen LogP contribution in [0.3, 0.4) is 0 Å². The van der Waals surface area contributed by atoms with Crippen molar-refractivity contribution in [3.05, 3.63) is 24.3 Å². The van der Waals surface area contributed by atoms with Gasteiger partial charge in [-0.25, -0.2) is 0 Å². The van der Waals surface area contributed by atoms with Gasteiger partial charge in [-0.05, 0) is 6.42 Å². The van der Waals surface area contributed by atoms with Crippen molar-refractivity contribution in [1.82, 2.24) is 0 Å². The summed E-state index contributed by atoms with van der Waals surface area (Å²) in [6.45, 7) is 2.09. The van der Waals surface area contributed by atoms with Gasteiger partial charge in [-0.1, -0.05) is 50.5 Å². The average molecular weight is 380 g/mol. The van der Waals surface area contributed by atoms with Gasteiger partial charge in [0.2, 0.25) is 0 Å². The van der Waals surface area contributed by atoms with Crippen LogP contribution in [0, 0.1) is 11.8 Å². The number of methoxy groups -OCH3 is 1. The molecule has 1 aliphatic carbocycles. The van der Waals surface area contributed by atoms with Crippen LogP contribution >= 0.6 is 0 Å². The summed E-state index contributed by atoms with van der Waals surface area (Å²) in [5.74, 6) is -1.62. The predicted molar refractivity (Wildman–Crippen MR) is 102 cm³/mol. The number of Topliss-reactive ketones (excluding diaryl/α,β-unsaturated/α-hetero) is 2. The normalized spacial score (nSPS) is 24.0. The van der Waals surface area contributed by atoms with E-state index < -0.39 is 24.0 Å². The van der Waals surface area contributed by atoms with Gasteiger partial charge in [-0.15, -0.1) is 0 Å². The molecule has 1 fully saturated rings. The highest BCUT2D eigenvalue weighted by molar-refractivity contribution is 5.90. The highest BCUT2D eigenvalue weighted by Gasteiger charge is 2.40. The Labute approximate surface area is 161 Å². The van der Waals surface area contributed by atoms with Crippen LogP contribution in [0.15, 0.2) is 24.3 Å². The molecule has 0 heterocycles. The number of carbonyl (C=O) groups excluding carboxylic acids is 3. The van der Waals surface area contributed by atoms with Crippen LogP contribution in [-0.2, 0) is 19.1 Å². The molecule has 27 heavy (non-hydrogen) atoms. The fourth-order valence-electron chi connectivity index (χ4n) is 3.25. The van der Waals surface area contributed by atoms with Crippen molar-refractivity contribution in [3.63, 3.8) is 0 Å². The molecular weight excluding hydrogens is 348 g/mol.